The van der Waals surface area contributed by atoms with Crippen LogP contribution in [0.25, 0.3) is 0 Å². The van der Waals surface area contributed by atoms with Crippen LogP contribution in [-0.4, -0.2) is 56.0 Å². The second-order valence-electron chi connectivity index (χ2n) is 14.7. The fourth-order valence-corrected chi connectivity index (χ4v) is 9.04. The lowest BCUT2D eigenvalue weighted by Gasteiger charge is -2.49. The van der Waals surface area contributed by atoms with Gasteiger partial charge in [0.25, 0.3) is 0 Å². The minimum absolute atomic E-state index is 0.0477. The third-order valence-corrected chi connectivity index (χ3v) is 11.6. The van der Waals surface area contributed by atoms with Crippen LogP contribution in [0.1, 0.15) is 31.2 Å². The smallest absolute Gasteiger partial charge is 0.241 e. The van der Waals surface area contributed by atoms with E-state index in [1.165, 1.54) is 9.80 Å². The number of nitrogens with zero attached hydrogens (tertiary/aromatic N) is 5. The van der Waals surface area contributed by atoms with Crippen molar-refractivity contribution in [2.45, 2.75) is 25.7 Å². The van der Waals surface area contributed by atoms with E-state index in [0.717, 1.165) is 11.3 Å². The molecule has 6 atom stereocenters. The van der Waals surface area contributed by atoms with E-state index in [4.69, 9.17) is 4.74 Å². The summed E-state index contributed by atoms with van der Waals surface area (Å²) in [5, 5.41) is 18.3. The van der Waals surface area contributed by atoms with E-state index in [1.807, 2.05) is 80.5 Å². The van der Waals surface area contributed by atoms with Crippen LogP contribution in [0.3, 0.4) is 0 Å². The molecule has 8 rings (SSSR count). The zero-order valence-electron chi connectivity index (χ0n) is 30.3. The number of aliphatic hydroxyl groups excluding tert-OH is 1. The van der Waals surface area contributed by atoms with Crippen LogP contribution in [-0.2, 0) is 19.2 Å². The van der Waals surface area contributed by atoms with Gasteiger partial charge in [0.2, 0.25) is 23.6 Å². The first kappa shape index (κ1) is 35.1. The number of ether oxygens (including phenoxy) is 1. The number of anilines is 3. The number of fused-ring (bicyclic) bond motifs is 4. The van der Waals surface area contributed by atoms with Gasteiger partial charge in [0.15, 0.2) is 0 Å². The molecule has 11 heteroatoms. The van der Waals surface area contributed by atoms with Crippen molar-refractivity contribution in [3.8, 4) is 5.75 Å². The number of amides is 4. The lowest BCUT2D eigenvalue weighted by Crippen LogP contribution is -2.49. The molecule has 0 bridgehead atoms. The molecule has 6 unspecified atom stereocenters. The summed E-state index contributed by atoms with van der Waals surface area (Å²) in [6, 6.07) is 30.8. The molecular formula is C43H41N5O6. The number of carbonyl (C=O) groups is 4. The number of hydrogen-bond donors (Lipinski definition) is 1. The molecule has 11 nitrogen and oxygen atoms in total. The number of imide groups is 2. The van der Waals surface area contributed by atoms with Gasteiger partial charge in [0.1, 0.15) is 12.4 Å². The van der Waals surface area contributed by atoms with Crippen molar-refractivity contribution in [3.05, 3.63) is 120 Å². The normalized spacial score (nSPS) is 26.1. The maximum absolute atomic E-state index is 14.7. The van der Waals surface area contributed by atoms with Gasteiger partial charge >= 0.3 is 0 Å². The number of hydrogen-bond acceptors (Lipinski definition) is 9. The lowest BCUT2D eigenvalue weighted by molar-refractivity contribution is -0.131. The van der Waals surface area contributed by atoms with Gasteiger partial charge in [0.05, 0.1) is 52.5 Å². The van der Waals surface area contributed by atoms with Gasteiger partial charge in [-0.1, -0.05) is 48.0 Å². The summed E-state index contributed by atoms with van der Waals surface area (Å²) < 4.78 is 6.02. The molecule has 274 valence electrons. The van der Waals surface area contributed by atoms with Crippen LogP contribution in [0.15, 0.2) is 125 Å². The number of rotatable bonds is 9. The van der Waals surface area contributed by atoms with Gasteiger partial charge in [-0.2, -0.15) is 10.2 Å². The van der Waals surface area contributed by atoms with Gasteiger partial charge in [-0.15, -0.1) is 0 Å². The quantitative estimate of drug-likeness (QED) is 0.112. The van der Waals surface area contributed by atoms with Gasteiger partial charge in [-0.05, 0) is 92.4 Å². The summed E-state index contributed by atoms with van der Waals surface area (Å²) >= 11 is 0. The zero-order chi connectivity index (χ0) is 37.7. The number of carbonyl (C=O) groups excluding carboxylic acids is 4. The zero-order valence-corrected chi connectivity index (χ0v) is 30.3. The Bertz CT molecular complexity index is 2180. The summed E-state index contributed by atoms with van der Waals surface area (Å²) in [4.78, 5) is 62.4. The van der Waals surface area contributed by atoms with E-state index < -0.39 is 35.0 Å². The monoisotopic (exact) mass is 723 g/mol. The number of para-hydroxylation sites is 2. The summed E-state index contributed by atoms with van der Waals surface area (Å²) in [6.45, 7) is 1.70. The second-order valence-corrected chi connectivity index (χ2v) is 14.7. The summed E-state index contributed by atoms with van der Waals surface area (Å²) in [6.07, 6.45) is 2.58. The lowest BCUT2D eigenvalue weighted by atomic mass is 9.51. The highest BCUT2D eigenvalue weighted by atomic mass is 16.5. The molecule has 0 aromatic heterocycles. The van der Waals surface area contributed by atoms with Crippen molar-refractivity contribution >= 4 is 52.1 Å². The second kappa shape index (κ2) is 13.8. The van der Waals surface area contributed by atoms with Crippen molar-refractivity contribution < 1.29 is 29.0 Å². The largest absolute Gasteiger partial charge is 0.491 e. The van der Waals surface area contributed by atoms with E-state index in [1.54, 1.807) is 54.6 Å². The number of aliphatic hydroxyl groups is 1. The Kier molecular flexibility index (Phi) is 8.97. The molecule has 2 heterocycles. The van der Waals surface area contributed by atoms with Crippen molar-refractivity contribution in [1.29, 1.82) is 0 Å². The van der Waals surface area contributed by atoms with E-state index in [0.29, 0.717) is 40.5 Å². The number of azo groups is 1. The van der Waals surface area contributed by atoms with E-state index in [2.05, 4.69) is 10.2 Å². The van der Waals surface area contributed by atoms with Gasteiger partial charge in [-0.25, -0.2) is 4.90 Å². The highest BCUT2D eigenvalue weighted by Gasteiger charge is 2.68. The maximum atomic E-state index is 14.7. The summed E-state index contributed by atoms with van der Waals surface area (Å²) in [7, 11) is 3.93. The van der Waals surface area contributed by atoms with E-state index >= 15 is 0 Å². The molecule has 4 aliphatic rings. The van der Waals surface area contributed by atoms with Gasteiger partial charge < -0.3 is 14.7 Å². The fraction of sp³-hybridized carbons (Fsp3) is 0.302. The van der Waals surface area contributed by atoms with Gasteiger partial charge in [0, 0.05) is 31.3 Å². The van der Waals surface area contributed by atoms with Crippen LogP contribution in [0.4, 0.5) is 28.4 Å². The Labute approximate surface area is 313 Å². The third-order valence-electron chi connectivity index (χ3n) is 11.6. The summed E-state index contributed by atoms with van der Waals surface area (Å²) in [5.74, 6) is -3.92. The Morgan fingerprint density at radius 1 is 0.759 bits per heavy atom. The fourth-order valence-electron chi connectivity index (χ4n) is 9.04. The maximum Gasteiger partial charge on any atom is 0.241 e. The number of benzene rings is 4. The molecule has 0 spiro atoms. The first-order valence-corrected chi connectivity index (χ1v) is 18.3. The molecule has 3 fully saturated rings. The van der Waals surface area contributed by atoms with Crippen molar-refractivity contribution in [2.24, 2.45) is 39.3 Å². The van der Waals surface area contributed by atoms with Crippen LogP contribution in [0, 0.1) is 29.1 Å². The summed E-state index contributed by atoms with van der Waals surface area (Å²) in [5.41, 5.74) is 3.61. The molecule has 2 aliphatic heterocycles. The average Bonchev–Trinajstić information content (AvgIpc) is 3.56. The molecule has 1 N–H and O–H groups in total. The minimum Gasteiger partial charge on any atom is -0.491 e. The molecular weight excluding hydrogens is 683 g/mol. The third kappa shape index (κ3) is 5.61. The van der Waals surface area contributed by atoms with Crippen LogP contribution < -0.4 is 19.4 Å². The highest BCUT2D eigenvalue weighted by Crippen LogP contribution is 2.64. The molecule has 2 saturated heterocycles. The van der Waals surface area contributed by atoms with Crippen molar-refractivity contribution in [2.75, 3.05) is 42.0 Å². The van der Waals surface area contributed by atoms with Crippen molar-refractivity contribution in [1.82, 2.24) is 0 Å². The topological polar surface area (TPSA) is 132 Å². The molecule has 0 radical (unpaired) electrons. The van der Waals surface area contributed by atoms with Crippen LogP contribution in [0.2, 0.25) is 0 Å². The Morgan fingerprint density at radius 3 is 2.06 bits per heavy atom. The Balaban J connectivity index is 1.13. The molecule has 4 aromatic carbocycles. The van der Waals surface area contributed by atoms with E-state index in [9.17, 15) is 24.3 Å². The predicted octanol–water partition coefficient (Wildman–Crippen LogP) is 6.97. The SMILES string of the molecule is CN(C)c1ccc(N=Nc2ccc(N3C(=O)C4CC=C5C(CC6C(=O)N(c7ccccc7)C(=O)C6(C)C5c5ccccc5OCCO)C4C3=O)cc2)cc1. The Morgan fingerprint density at radius 2 is 1.39 bits per heavy atom. The first-order chi connectivity index (χ1) is 26.1. The van der Waals surface area contributed by atoms with Crippen LogP contribution in [0.5, 0.6) is 5.75 Å². The molecule has 4 aromatic rings. The Hall–Kier alpha value is -5.94. The molecule has 54 heavy (non-hydrogen) atoms. The van der Waals surface area contributed by atoms with Crippen molar-refractivity contribution in [3.63, 3.8) is 0 Å². The minimum atomic E-state index is -1.20. The highest BCUT2D eigenvalue weighted by molar-refractivity contribution is 6.25. The molecule has 1 saturated carbocycles. The molecule has 2 aliphatic carbocycles. The van der Waals surface area contributed by atoms with Crippen LogP contribution >= 0.6 is 0 Å². The van der Waals surface area contributed by atoms with E-state index in [-0.39, 0.29) is 43.3 Å². The molecule has 4 amide bonds. The average molecular weight is 724 g/mol. The standard InChI is InChI=1S/C43H41N5O6/c1-43-35(40(51)48(42(43)53)29-9-5-4-6-10-29)25-34-31(38(43)32-11-7-8-12-36(32)54-24-23-49)21-22-33-37(34)41(52)47(39(33)50)30-19-15-27(16-20-30)45-44-26-13-17-28(18-14-26)46(2)3/h4-21,33-35,37-38,49H,22-25H2,1-3H3. The predicted molar refractivity (Wildman–Crippen MR) is 204 cm³/mol. The number of allylic oxidation sites excluding steroid dienone is 2. The first-order valence-electron chi connectivity index (χ1n) is 18.3. The van der Waals surface area contributed by atoms with Gasteiger partial charge in [-0.3, -0.25) is 24.1 Å².